The van der Waals surface area contributed by atoms with E-state index >= 15 is 0 Å². The van der Waals surface area contributed by atoms with Gasteiger partial charge < -0.3 is 5.32 Å². The molecule has 2 aromatic rings. The van der Waals surface area contributed by atoms with Gasteiger partial charge in [-0.25, -0.2) is 0 Å². The highest BCUT2D eigenvalue weighted by atomic mass is 16.1. The molecule has 1 aromatic carbocycles. The lowest BCUT2D eigenvalue weighted by Crippen LogP contribution is -2.64. The van der Waals surface area contributed by atoms with Gasteiger partial charge in [-0.1, -0.05) is 35.9 Å². The van der Waals surface area contributed by atoms with E-state index in [1.165, 1.54) is 24.0 Å². The number of rotatable bonds is 5. The summed E-state index contributed by atoms with van der Waals surface area (Å²) in [5, 5.41) is 3.32. The highest BCUT2D eigenvalue weighted by Crippen LogP contribution is 2.34. The molecule has 2 bridgehead atoms. The first kappa shape index (κ1) is 17.9. The molecule has 2 unspecified atom stereocenters. The lowest BCUT2D eigenvalue weighted by Gasteiger charge is -2.51. The number of aromatic nitrogens is 1. The lowest BCUT2D eigenvalue weighted by atomic mass is 9.77. The van der Waals surface area contributed by atoms with E-state index in [9.17, 15) is 4.79 Å². The second kappa shape index (κ2) is 8.05. The number of hydrogen-bond donors (Lipinski definition) is 1. The van der Waals surface area contributed by atoms with Crippen LogP contribution < -0.4 is 5.32 Å². The zero-order valence-corrected chi connectivity index (χ0v) is 15.8. The van der Waals surface area contributed by atoms with Crippen molar-refractivity contribution in [1.82, 2.24) is 15.2 Å². The van der Waals surface area contributed by atoms with Crippen LogP contribution in [0.1, 0.15) is 29.5 Å². The predicted molar refractivity (Wildman–Crippen MR) is 108 cm³/mol. The number of fused-ring (bicyclic) bond motifs is 3. The quantitative estimate of drug-likeness (QED) is 0.832. The predicted octanol–water partition coefficient (Wildman–Crippen LogP) is 3.22. The van der Waals surface area contributed by atoms with Gasteiger partial charge in [-0.15, -0.1) is 0 Å². The van der Waals surface area contributed by atoms with Gasteiger partial charge in [0.25, 0.3) is 0 Å². The molecule has 0 spiro atoms. The van der Waals surface area contributed by atoms with Crippen molar-refractivity contribution >= 4 is 12.0 Å². The summed E-state index contributed by atoms with van der Waals surface area (Å²) in [4.78, 5) is 19.4. The minimum atomic E-state index is 0.00597. The molecule has 4 heterocycles. The van der Waals surface area contributed by atoms with E-state index in [1.807, 2.05) is 36.7 Å². The number of aryl methyl sites for hydroxylation is 1. The summed E-state index contributed by atoms with van der Waals surface area (Å²) in [6, 6.07) is 12.9. The largest absolute Gasteiger partial charge is 0.348 e. The zero-order valence-electron chi connectivity index (χ0n) is 15.8. The van der Waals surface area contributed by atoms with Crippen LogP contribution in [0, 0.1) is 12.8 Å². The van der Waals surface area contributed by atoms with Gasteiger partial charge in [-0.05, 0) is 68.5 Å². The summed E-state index contributed by atoms with van der Waals surface area (Å²) in [6.45, 7) is 4.34. The fraction of sp³-hybridized carbons (Fsp3) is 0.391. The molecule has 3 saturated heterocycles. The van der Waals surface area contributed by atoms with E-state index in [-0.39, 0.29) is 11.9 Å². The van der Waals surface area contributed by atoms with Gasteiger partial charge in [0.2, 0.25) is 5.91 Å². The van der Waals surface area contributed by atoms with E-state index in [0.29, 0.717) is 12.0 Å². The van der Waals surface area contributed by atoms with E-state index in [1.54, 1.807) is 6.08 Å². The standard InChI is InChI=1S/C23H27N3O/c1-17-4-2-5-18(14-17)7-8-22(27)25-23-20-9-12-26(13-10-20)21(23)15-19-6-3-11-24-16-19/h2-8,11,14,16,20-21,23H,9-10,12-13,15H2,1H3,(H,25,27)/b8-7+. The monoisotopic (exact) mass is 361 g/mol. The molecule has 1 amide bonds. The van der Waals surface area contributed by atoms with Crippen molar-refractivity contribution in [1.29, 1.82) is 0 Å². The van der Waals surface area contributed by atoms with Crippen LogP contribution in [0.15, 0.2) is 54.9 Å². The van der Waals surface area contributed by atoms with Gasteiger partial charge in [0.15, 0.2) is 0 Å². The fourth-order valence-electron chi connectivity index (χ4n) is 4.54. The molecular formula is C23H27N3O. The minimum Gasteiger partial charge on any atom is -0.348 e. The number of amides is 1. The van der Waals surface area contributed by atoms with Crippen LogP contribution in [0.4, 0.5) is 0 Å². The molecule has 4 heteroatoms. The number of hydrogen-bond acceptors (Lipinski definition) is 3. The molecular weight excluding hydrogens is 334 g/mol. The van der Waals surface area contributed by atoms with Crippen LogP contribution in [0.3, 0.4) is 0 Å². The maximum atomic E-state index is 12.6. The normalized spacial score (nSPS) is 27.0. The number of carbonyl (C=O) groups is 1. The number of carbonyl (C=O) groups excluding carboxylic acids is 1. The van der Waals surface area contributed by atoms with Crippen molar-refractivity contribution in [2.75, 3.05) is 13.1 Å². The first-order valence-corrected chi connectivity index (χ1v) is 9.87. The summed E-state index contributed by atoms with van der Waals surface area (Å²) in [7, 11) is 0. The SMILES string of the molecule is Cc1cccc(/C=C/C(=O)NC2C3CCN(CC3)C2Cc2cccnc2)c1. The van der Waals surface area contributed by atoms with Crippen molar-refractivity contribution in [2.24, 2.45) is 5.92 Å². The van der Waals surface area contributed by atoms with Crippen LogP contribution in [-0.4, -0.2) is 41.0 Å². The molecule has 3 fully saturated rings. The Bertz CT molecular complexity index is 809. The number of benzene rings is 1. The third kappa shape index (κ3) is 4.28. The van der Waals surface area contributed by atoms with Crippen molar-refractivity contribution in [3.63, 3.8) is 0 Å². The molecule has 5 rings (SSSR count). The molecule has 3 aliphatic rings. The second-order valence-corrected chi connectivity index (χ2v) is 7.79. The maximum absolute atomic E-state index is 12.6. The first-order chi connectivity index (χ1) is 13.2. The molecule has 0 saturated carbocycles. The van der Waals surface area contributed by atoms with Crippen molar-refractivity contribution in [3.05, 3.63) is 71.6 Å². The third-order valence-corrected chi connectivity index (χ3v) is 5.91. The Morgan fingerprint density at radius 1 is 1.26 bits per heavy atom. The summed E-state index contributed by atoms with van der Waals surface area (Å²) in [5.41, 5.74) is 3.50. The van der Waals surface area contributed by atoms with Crippen LogP contribution in [0.2, 0.25) is 0 Å². The Kier molecular flexibility index (Phi) is 5.35. The minimum absolute atomic E-state index is 0.00597. The lowest BCUT2D eigenvalue weighted by molar-refractivity contribution is -0.119. The average molecular weight is 361 g/mol. The molecule has 1 aromatic heterocycles. The Morgan fingerprint density at radius 2 is 2.11 bits per heavy atom. The van der Waals surface area contributed by atoms with Crippen molar-refractivity contribution < 1.29 is 4.79 Å². The molecule has 4 nitrogen and oxygen atoms in total. The Morgan fingerprint density at radius 3 is 2.85 bits per heavy atom. The molecule has 0 radical (unpaired) electrons. The van der Waals surface area contributed by atoms with Gasteiger partial charge >= 0.3 is 0 Å². The Balaban J connectivity index is 1.45. The topological polar surface area (TPSA) is 45.2 Å². The molecule has 140 valence electrons. The molecule has 27 heavy (non-hydrogen) atoms. The van der Waals surface area contributed by atoms with Crippen molar-refractivity contribution in [2.45, 2.75) is 38.3 Å². The summed E-state index contributed by atoms with van der Waals surface area (Å²) < 4.78 is 0. The van der Waals surface area contributed by atoms with Gasteiger partial charge in [0, 0.05) is 30.6 Å². The first-order valence-electron chi connectivity index (χ1n) is 9.87. The molecule has 1 N–H and O–H groups in total. The average Bonchev–Trinajstić information content (AvgIpc) is 2.70. The van der Waals surface area contributed by atoms with Crippen LogP contribution in [-0.2, 0) is 11.2 Å². The summed E-state index contributed by atoms with van der Waals surface area (Å²) in [6.07, 6.45) is 10.6. The molecule has 0 aliphatic carbocycles. The summed E-state index contributed by atoms with van der Waals surface area (Å²) in [5.74, 6) is 0.583. The number of piperidine rings is 3. The van der Waals surface area contributed by atoms with E-state index < -0.39 is 0 Å². The van der Waals surface area contributed by atoms with E-state index in [4.69, 9.17) is 0 Å². The van der Waals surface area contributed by atoms with E-state index in [0.717, 1.165) is 25.1 Å². The van der Waals surface area contributed by atoms with Gasteiger partial charge in [-0.2, -0.15) is 0 Å². The fourth-order valence-corrected chi connectivity index (χ4v) is 4.54. The Hall–Kier alpha value is -2.46. The van der Waals surface area contributed by atoms with Crippen LogP contribution >= 0.6 is 0 Å². The van der Waals surface area contributed by atoms with Crippen LogP contribution in [0.5, 0.6) is 0 Å². The van der Waals surface area contributed by atoms with Crippen molar-refractivity contribution in [3.8, 4) is 0 Å². The zero-order chi connectivity index (χ0) is 18.6. The number of nitrogens with one attached hydrogen (secondary N) is 1. The maximum Gasteiger partial charge on any atom is 0.244 e. The van der Waals surface area contributed by atoms with Gasteiger partial charge in [0.1, 0.15) is 0 Å². The Labute approximate surface area is 161 Å². The molecule has 2 atom stereocenters. The smallest absolute Gasteiger partial charge is 0.244 e. The van der Waals surface area contributed by atoms with Gasteiger partial charge in [-0.3, -0.25) is 14.7 Å². The molecule has 3 aliphatic heterocycles. The number of pyridine rings is 1. The third-order valence-electron chi connectivity index (χ3n) is 5.91. The second-order valence-electron chi connectivity index (χ2n) is 7.79. The van der Waals surface area contributed by atoms with E-state index in [2.05, 4.69) is 40.3 Å². The van der Waals surface area contributed by atoms with Crippen LogP contribution in [0.25, 0.3) is 6.08 Å². The van der Waals surface area contributed by atoms with Gasteiger partial charge in [0.05, 0.1) is 0 Å². The highest BCUT2D eigenvalue weighted by Gasteiger charge is 2.42. The summed E-state index contributed by atoms with van der Waals surface area (Å²) >= 11 is 0. The highest BCUT2D eigenvalue weighted by molar-refractivity contribution is 5.92. The number of nitrogens with zero attached hydrogens (tertiary/aromatic N) is 2.